The molecule has 190 valence electrons. The molecular weight excluding hydrogens is 486 g/mol. The number of esters is 1. The van der Waals surface area contributed by atoms with E-state index in [-0.39, 0.29) is 23.5 Å². The summed E-state index contributed by atoms with van der Waals surface area (Å²) < 4.78 is 34.4. The average Bonchev–Trinajstić information content (AvgIpc) is 3.24. The van der Waals surface area contributed by atoms with Gasteiger partial charge in [-0.05, 0) is 60.2 Å². The summed E-state index contributed by atoms with van der Waals surface area (Å²) in [6.07, 6.45) is 0. The van der Waals surface area contributed by atoms with E-state index in [1.165, 1.54) is 18.2 Å². The van der Waals surface area contributed by atoms with Crippen LogP contribution in [0.3, 0.4) is 0 Å². The number of benzene rings is 3. The topological polar surface area (TPSA) is 125 Å². The predicted octanol–water partition coefficient (Wildman–Crippen LogP) is 3.53. The van der Waals surface area contributed by atoms with Gasteiger partial charge in [0.2, 0.25) is 0 Å². The first-order valence-corrected chi connectivity index (χ1v) is 11.1. The van der Waals surface area contributed by atoms with Crippen LogP contribution in [0.1, 0.15) is 29.8 Å². The molecule has 1 amide bonds. The van der Waals surface area contributed by atoms with Crippen LogP contribution in [-0.2, 0) is 11.3 Å². The summed E-state index contributed by atoms with van der Waals surface area (Å²) in [6.45, 7) is 3.34. The van der Waals surface area contributed by atoms with Crippen LogP contribution in [0.15, 0.2) is 71.5 Å². The maximum atomic E-state index is 14.2. The van der Waals surface area contributed by atoms with E-state index in [9.17, 15) is 23.2 Å². The van der Waals surface area contributed by atoms with Crippen molar-refractivity contribution in [3.8, 4) is 5.69 Å². The van der Waals surface area contributed by atoms with Gasteiger partial charge < -0.3 is 10.5 Å². The normalized spacial score (nSPS) is 10.9. The molecule has 1 heterocycles. The lowest BCUT2D eigenvalue weighted by molar-refractivity contribution is 0.0474. The van der Waals surface area contributed by atoms with Gasteiger partial charge in [-0.1, -0.05) is 36.4 Å². The number of anilines is 2. The Bertz CT molecular complexity index is 1500. The summed E-state index contributed by atoms with van der Waals surface area (Å²) in [4.78, 5) is 40.1. The van der Waals surface area contributed by atoms with Crippen molar-refractivity contribution in [1.29, 1.82) is 0 Å². The average molecular weight is 508 g/mol. The number of amides is 1. The second-order valence-electron chi connectivity index (χ2n) is 8.23. The highest BCUT2D eigenvalue weighted by atomic mass is 19.1. The standard InChI is InChI=1S/C25H22F2N6O4/c1-15(2)31(24(35)33-25(36)32(29-30-33)22-19(26)9-6-10-20(22)27)17-11-12-21(28)18(13-17)23(34)37-14-16-7-4-3-5-8-16/h3-13,15H,14,28H2,1-2H3. The van der Waals surface area contributed by atoms with Gasteiger partial charge in [0.1, 0.15) is 12.3 Å². The van der Waals surface area contributed by atoms with Gasteiger partial charge in [0.25, 0.3) is 0 Å². The molecule has 12 heteroatoms. The molecule has 0 bridgehead atoms. The van der Waals surface area contributed by atoms with Gasteiger partial charge in [-0.15, -0.1) is 4.68 Å². The van der Waals surface area contributed by atoms with E-state index in [4.69, 9.17) is 10.5 Å². The van der Waals surface area contributed by atoms with E-state index >= 15 is 0 Å². The number of tetrazole rings is 1. The first-order valence-electron chi connectivity index (χ1n) is 11.1. The van der Waals surface area contributed by atoms with Crippen LogP contribution in [0, 0.1) is 11.6 Å². The Morgan fingerprint density at radius 2 is 1.68 bits per heavy atom. The molecule has 0 saturated heterocycles. The van der Waals surface area contributed by atoms with E-state index in [1.54, 1.807) is 26.0 Å². The number of para-hydroxylation sites is 1. The third-order valence-corrected chi connectivity index (χ3v) is 5.38. The molecule has 0 atom stereocenters. The highest BCUT2D eigenvalue weighted by molar-refractivity contribution is 5.99. The zero-order chi connectivity index (χ0) is 26.7. The van der Waals surface area contributed by atoms with Crippen LogP contribution in [0.25, 0.3) is 5.69 Å². The maximum Gasteiger partial charge on any atom is 0.377 e. The lowest BCUT2D eigenvalue weighted by Gasteiger charge is -2.26. The summed E-state index contributed by atoms with van der Waals surface area (Å²) >= 11 is 0. The first-order chi connectivity index (χ1) is 17.7. The van der Waals surface area contributed by atoms with Crippen molar-refractivity contribution in [2.24, 2.45) is 0 Å². The summed E-state index contributed by atoms with van der Waals surface area (Å²) in [7, 11) is 0. The van der Waals surface area contributed by atoms with Crippen LogP contribution in [0.2, 0.25) is 0 Å². The Morgan fingerprint density at radius 3 is 2.32 bits per heavy atom. The zero-order valence-electron chi connectivity index (χ0n) is 19.8. The fraction of sp³-hybridized carbons (Fsp3) is 0.160. The number of nitrogen functional groups attached to an aromatic ring is 1. The molecule has 0 fully saturated rings. The molecule has 37 heavy (non-hydrogen) atoms. The smallest absolute Gasteiger partial charge is 0.377 e. The number of aromatic nitrogens is 4. The van der Waals surface area contributed by atoms with E-state index in [1.807, 2.05) is 18.2 Å². The molecule has 0 unspecified atom stereocenters. The quantitative estimate of drug-likeness (QED) is 0.240. The summed E-state index contributed by atoms with van der Waals surface area (Å²) in [5.74, 6) is -2.82. The van der Waals surface area contributed by atoms with Crippen LogP contribution < -0.4 is 16.3 Å². The maximum absolute atomic E-state index is 14.2. The minimum Gasteiger partial charge on any atom is -0.457 e. The molecule has 4 rings (SSSR count). The number of ether oxygens (including phenoxy) is 1. The van der Waals surface area contributed by atoms with Gasteiger partial charge in [-0.2, -0.15) is 4.68 Å². The molecule has 2 N–H and O–H groups in total. The number of halogens is 2. The number of rotatable bonds is 6. The van der Waals surface area contributed by atoms with Crippen LogP contribution in [0.4, 0.5) is 25.0 Å². The van der Waals surface area contributed by atoms with Crippen LogP contribution in [-0.4, -0.2) is 37.8 Å². The van der Waals surface area contributed by atoms with E-state index < -0.39 is 41.1 Å². The Morgan fingerprint density at radius 1 is 1.00 bits per heavy atom. The molecule has 3 aromatic carbocycles. The monoisotopic (exact) mass is 508 g/mol. The second-order valence-corrected chi connectivity index (χ2v) is 8.23. The van der Waals surface area contributed by atoms with Gasteiger partial charge in [0.15, 0.2) is 11.6 Å². The summed E-state index contributed by atoms with van der Waals surface area (Å²) in [5, 5.41) is 6.99. The Balaban J connectivity index is 1.65. The molecule has 0 aliphatic heterocycles. The lowest BCUT2D eigenvalue weighted by Crippen LogP contribution is -2.44. The highest BCUT2D eigenvalue weighted by Gasteiger charge is 2.28. The van der Waals surface area contributed by atoms with Gasteiger partial charge >= 0.3 is 17.7 Å². The third-order valence-electron chi connectivity index (χ3n) is 5.38. The molecule has 0 saturated carbocycles. The van der Waals surface area contributed by atoms with Gasteiger partial charge in [0.05, 0.1) is 5.56 Å². The fourth-order valence-corrected chi connectivity index (χ4v) is 3.60. The zero-order valence-corrected chi connectivity index (χ0v) is 19.8. The number of hydrogen-bond acceptors (Lipinski definition) is 7. The minimum atomic E-state index is -1.18. The van der Waals surface area contributed by atoms with Gasteiger partial charge in [0, 0.05) is 17.4 Å². The molecule has 0 radical (unpaired) electrons. The molecule has 1 aromatic heterocycles. The lowest BCUT2D eigenvalue weighted by atomic mass is 10.1. The Kier molecular flexibility index (Phi) is 7.09. The van der Waals surface area contributed by atoms with Gasteiger partial charge in [-0.25, -0.2) is 23.2 Å². The molecule has 10 nitrogen and oxygen atoms in total. The molecular formula is C25H22F2N6O4. The minimum absolute atomic E-state index is 0.0105. The number of nitrogens with two attached hydrogens (primary N) is 1. The number of nitrogens with zero attached hydrogens (tertiary/aromatic N) is 5. The van der Waals surface area contributed by atoms with Crippen molar-refractivity contribution < 1.29 is 23.1 Å². The largest absolute Gasteiger partial charge is 0.457 e. The van der Waals surface area contributed by atoms with Crippen molar-refractivity contribution in [3.05, 3.63) is 100.0 Å². The number of carbonyl (C=O) groups is 2. The van der Waals surface area contributed by atoms with Crippen molar-refractivity contribution in [3.63, 3.8) is 0 Å². The van der Waals surface area contributed by atoms with E-state index in [2.05, 4.69) is 10.4 Å². The summed E-state index contributed by atoms with van der Waals surface area (Å²) in [6, 6.07) is 14.8. The first kappa shape index (κ1) is 25.2. The van der Waals surface area contributed by atoms with E-state index in [0.717, 1.165) is 28.7 Å². The highest BCUT2D eigenvalue weighted by Crippen LogP contribution is 2.25. The Hall–Kier alpha value is -4.87. The molecule has 0 spiro atoms. The molecule has 4 aromatic rings. The van der Waals surface area contributed by atoms with E-state index in [0.29, 0.717) is 9.36 Å². The van der Waals surface area contributed by atoms with Crippen LogP contribution in [0.5, 0.6) is 0 Å². The van der Waals surface area contributed by atoms with Crippen LogP contribution >= 0.6 is 0 Å². The van der Waals surface area contributed by atoms with Crippen molar-refractivity contribution in [1.82, 2.24) is 19.8 Å². The molecule has 0 aliphatic rings. The van der Waals surface area contributed by atoms with Crippen molar-refractivity contribution >= 4 is 23.4 Å². The van der Waals surface area contributed by atoms with Crippen molar-refractivity contribution in [2.45, 2.75) is 26.5 Å². The Labute approximate surface area is 209 Å². The van der Waals surface area contributed by atoms with Gasteiger partial charge in [-0.3, -0.25) is 4.90 Å². The third kappa shape index (κ3) is 5.08. The fourth-order valence-electron chi connectivity index (χ4n) is 3.60. The second kappa shape index (κ2) is 10.4. The molecule has 0 aliphatic carbocycles. The number of carbonyl (C=O) groups excluding carboxylic acids is 2. The van der Waals surface area contributed by atoms with Crippen molar-refractivity contribution in [2.75, 3.05) is 10.6 Å². The number of hydrogen-bond donors (Lipinski definition) is 1. The predicted molar refractivity (Wildman–Crippen MR) is 130 cm³/mol. The SMILES string of the molecule is CC(C)N(C(=O)n1nnn(-c2c(F)cccc2F)c1=O)c1ccc(N)c(C(=O)OCc2ccccc2)c1. The summed E-state index contributed by atoms with van der Waals surface area (Å²) in [5.41, 5.74) is 5.15.